The number of nitrogens with one attached hydrogen (secondary N) is 1. The van der Waals surface area contributed by atoms with Crippen molar-refractivity contribution in [3.63, 3.8) is 0 Å². The van der Waals surface area contributed by atoms with Crippen LogP contribution in [-0.2, 0) is 11.3 Å². The lowest BCUT2D eigenvalue weighted by Crippen LogP contribution is -2.42. The lowest BCUT2D eigenvalue weighted by Gasteiger charge is -2.37. The number of allylic oxidation sites excluding steroid dienone is 2. The first-order chi connectivity index (χ1) is 17.5. The number of carbonyl (C=O) groups is 1. The second kappa shape index (κ2) is 10.8. The molecule has 5 rings (SSSR count). The van der Waals surface area contributed by atoms with Gasteiger partial charge in [0.05, 0.1) is 38.1 Å². The van der Waals surface area contributed by atoms with Gasteiger partial charge in [-0.2, -0.15) is 0 Å². The van der Waals surface area contributed by atoms with Crippen LogP contribution in [0.2, 0.25) is 0 Å². The van der Waals surface area contributed by atoms with Crippen LogP contribution in [0.5, 0.6) is 5.75 Å². The van der Waals surface area contributed by atoms with Crippen molar-refractivity contribution in [1.82, 2.24) is 25.2 Å². The largest absolute Gasteiger partial charge is 0.493 e. The fourth-order valence-electron chi connectivity index (χ4n) is 5.08. The van der Waals surface area contributed by atoms with Crippen LogP contribution in [-0.4, -0.2) is 63.0 Å². The first-order valence-electron chi connectivity index (χ1n) is 12.3. The zero-order valence-corrected chi connectivity index (χ0v) is 20.8. The normalized spacial score (nSPS) is 23.5. The lowest BCUT2D eigenvalue weighted by atomic mass is 9.85. The van der Waals surface area contributed by atoms with Crippen LogP contribution in [0.1, 0.15) is 31.4 Å². The topological polar surface area (TPSA) is 102 Å². The maximum atomic E-state index is 12.9. The number of aromatic nitrogens is 3. The molecule has 3 heterocycles. The molecule has 0 bridgehead atoms. The van der Waals surface area contributed by atoms with Crippen molar-refractivity contribution in [2.24, 2.45) is 5.92 Å². The Labute approximate surface area is 215 Å². The quantitative estimate of drug-likeness (QED) is 0.559. The van der Waals surface area contributed by atoms with E-state index < -0.39 is 6.10 Å². The molecule has 1 aromatic heterocycles. The van der Waals surface area contributed by atoms with Crippen molar-refractivity contribution in [3.05, 3.63) is 76.8 Å². The number of aliphatic hydroxyl groups excluding tert-OH is 1. The van der Waals surface area contributed by atoms with Crippen LogP contribution in [0.4, 0.5) is 4.79 Å². The van der Waals surface area contributed by atoms with Gasteiger partial charge in [0.1, 0.15) is 11.8 Å². The van der Waals surface area contributed by atoms with E-state index in [0.717, 1.165) is 22.7 Å². The van der Waals surface area contributed by atoms with Crippen LogP contribution in [0.15, 0.2) is 71.2 Å². The highest BCUT2D eigenvalue weighted by atomic mass is 35.5. The summed E-state index contributed by atoms with van der Waals surface area (Å²) in [5.41, 5.74) is 3.30. The van der Waals surface area contributed by atoms with E-state index in [0.29, 0.717) is 38.5 Å². The van der Waals surface area contributed by atoms with E-state index in [2.05, 4.69) is 27.8 Å². The Morgan fingerprint density at radius 1 is 1.33 bits per heavy atom. The number of aliphatic hydroxyl groups is 1. The molecule has 2 aliphatic heterocycles. The average Bonchev–Trinajstić information content (AvgIpc) is 3.51. The van der Waals surface area contributed by atoms with Crippen LogP contribution in [0.3, 0.4) is 0 Å². The Kier molecular flexibility index (Phi) is 7.29. The van der Waals surface area contributed by atoms with Gasteiger partial charge in [-0.25, -0.2) is 9.48 Å². The summed E-state index contributed by atoms with van der Waals surface area (Å²) in [4.78, 5) is 14.7. The third kappa shape index (κ3) is 5.12. The summed E-state index contributed by atoms with van der Waals surface area (Å²) in [5, 5.41) is 22.2. The molecule has 0 spiro atoms. The minimum atomic E-state index is -0.578. The van der Waals surface area contributed by atoms with Crippen molar-refractivity contribution in [2.45, 2.75) is 44.5 Å². The van der Waals surface area contributed by atoms with Crippen molar-refractivity contribution in [1.29, 1.82) is 0 Å². The first-order valence-corrected chi connectivity index (χ1v) is 12.6. The highest BCUT2D eigenvalue weighted by Crippen LogP contribution is 2.44. The smallest absolute Gasteiger partial charge is 0.410 e. The maximum absolute atomic E-state index is 12.9. The number of carbonyl (C=O) groups excluding carboxylic acids is 1. The van der Waals surface area contributed by atoms with E-state index in [1.54, 1.807) is 22.0 Å². The number of benzene rings is 1. The molecular formula is C26H30ClN5O4. The second-order valence-corrected chi connectivity index (χ2v) is 9.51. The van der Waals surface area contributed by atoms with Gasteiger partial charge in [-0.1, -0.05) is 41.1 Å². The molecule has 0 radical (unpaired) electrons. The van der Waals surface area contributed by atoms with Gasteiger partial charge in [0.15, 0.2) is 0 Å². The molecule has 9 nitrogen and oxygen atoms in total. The number of halogens is 1. The molecule has 10 heteroatoms. The summed E-state index contributed by atoms with van der Waals surface area (Å²) < 4.78 is 12.8. The Hall–Kier alpha value is -3.30. The molecule has 0 saturated carbocycles. The number of fused-ring (bicyclic) bond motifs is 2. The molecule has 2 aromatic rings. The molecule has 3 aliphatic rings. The lowest BCUT2D eigenvalue weighted by molar-refractivity contribution is 0.0922. The maximum Gasteiger partial charge on any atom is 0.410 e. The zero-order chi connectivity index (χ0) is 25.1. The van der Waals surface area contributed by atoms with Crippen LogP contribution in [0, 0.1) is 5.92 Å². The van der Waals surface area contributed by atoms with Crippen LogP contribution in [0.25, 0.3) is 0 Å². The van der Waals surface area contributed by atoms with Crippen molar-refractivity contribution in [2.75, 3.05) is 19.8 Å². The zero-order valence-electron chi connectivity index (χ0n) is 20.1. The fourth-order valence-corrected chi connectivity index (χ4v) is 5.29. The van der Waals surface area contributed by atoms with Gasteiger partial charge in [-0.15, -0.1) is 5.10 Å². The first kappa shape index (κ1) is 24.4. The van der Waals surface area contributed by atoms with Crippen molar-refractivity contribution in [3.8, 4) is 5.75 Å². The molecule has 190 valence electrons. The van der Waals surface area contributed by atoms with E-state index in [1.165, 1.54) is 5.57 Å². The summed E-state index contributed by atoms with van der Waals surface area (Å²) >= 11 is 6.30. The van der Waals surface area contributed by atoms with Gasteiger partial charge in [0.25, 0.3) is 0 Å². The second-order valence-electron chi connectivity index (χ2n) is 9.08. The number of hydrogen-bond acceptors (Lipinski definition) is 7. The standard InChI is InChI=1S/C26H30ClN5O4/c1-2-35-26(34)32-12-9-21-22-15-18(27)5-8-23(22)29-24(21)25(32)17-3-6-20(7-4-17)36-14-10-19(33)16-31-13-11-28-30-31/h3-8,11,13,15,19,22-23,25,29,33H,2,9-10,12,14,16H2,1H3/t19?,22?,23?,25-/m0/s1. The number of hydrogen-bond donors (Lipinski definition) is 2. The fraction of sp³-hybridized carbons (Fsp3) is 0.423. The van der Waals surface area contributed by atoms with Gasteiger partial charge in [0, 0.05) is 35.8 Å². The predicted octanol–water partition coefficient (Wildman–Crippen LogP) is 3.55. The number of amides is 1. The summed E-state index contributed by atoms with van der Waals surface area (Å²) in [6.07, 6.45) is 9.72. The molecular weight excluding hydrogens is 482 g/mol. The van der Waals surface area contributed by atoms with Crippen LogP contribution >= 0.6 is 11.6 Å². The molecule has 2 N–H and O–H groups in total. The van der Waals surface area contributed by atoms with Gasteiger partial charge in [0.2, 0.25) is 0 Å². The minimum Gasteiger partial charge on any atom is -0.493 e. The van der Waals surface area contributed by atoms with E-state index in [9.17, 15) is 9.90 Å². The minimum absolute atomic E-state index is 0.133. The van der Waals surface area contributed by atoms with Crippen molar-refractivity contribution >= 4 is 17.7 Å². The third-order valence-corrected chi connectivity index (χ3v) is 7.01. The van der Waals surface area contributed by atoms with E-state index in [-0.39, 0.29) is 24.1 Å². The number of rotatable bonds is 8. The molecule has 4 atom stereocenters. The molecule has 3 unspecified atom stereocenters. The molecule has 1 amide bonds. The van der Waals surface area contributed by atoms with Gasteiger partial charge >= 0.3 is 6.09 Å². The van der Waals surface area contributed by atoms with Gasteiger partial charge in [-0.05, 0) is 42.7 Å². The average molecular weight is 512 g/mol. The summed E-state index contributed by atoms with van der Waals surface area (Å²) in [6.45, 7) is 3.45. The molecule has 36 heavy (non-hydrogen) atoms. The summed E-state index contributed by atoms with van der Waals surface area (Å²) in [7, 11) is 0. The number of ether oxygens (including phenoxy) is 2. The highest BCUT2D eigenvalue weighted by Gasteiger charge is 2.43. The van der Waals surface area contributed by atoms with E-state index in [1.807, 2.05) is 37.3 Å². The Morgan fingerprint density at radius 3 is 2.92 bits per heavy atom. The molecule has 1 aliphatic carbocycles. The third-order valence-electron chi connectivity index (χ3n) is 6.75. The predicted molar refractivity (Wildman–Crippen MR) is 134 cm³/mol. The summed E-state index contributed by atoms with van der Waals surface area (Å²) in [6, 6.07) is 7.62. The number of nitrogens with zero attached hydrogens (tertiary/aromatic N) is 4. The van der Waals surface area contributed by atoms with Crippen molar-refractivity contribution < 1.29 is 19.4 Å². The highest BCUT2D eigenvalue weighted by molar-refractivity contribution is 6.31. The van der Waals surface area contributed by atoms with Crippen LogP contribution < -0.4 is 10.1 Å². The van der Waals surface area contributed by atoms with E-state index in [4.69, 9.17) is 21.1 Å². The SMILES string of the molecule is CCOC(=O)N1CCC2=C(NC3C=CC(Cl)=CC23)[C@@H]1c1ccc(OCCC(O)Cn2ccnn2)cc1. The Morgan fingerprint density at radius 2 is 2.17 bits per heavy atom. The van der Waals surface area contributed by atoms with E-state index >= 15 is 0 Å². The Balaban J connectivity index is 1.30. The molecule has 0 saturated heterocycles. The van der Waals surface area contributed by atoms with Gasteiger partial charge < -0.3 is 19.9 Å². The van der Waals surface area contributed by atoms with Gasteiger partial charge in [-0.3, -0.25) is 4.90 Å². The Bertz CT molecular complexity index is 1160. The summed E-state index contributed by atoms with van der Waals surface area (Å²) in [5.74, 6) is 0.890. The monoisotopic (exact) mass is 511 g/mol. The molecule has 0 fully saturated rings. The molecule has 1 aromatic carbocycles.